The molecule has 42 heavy (non-hydrogen) atoms. The highest BCUT2D eigenvalue weighted by Gasteiger charge is 2.32. The molecule has 0 saturated carbocycles. The number of carbonyl (C=O) groups excluding carboxylic acids is 1. The van der Waals surface area contributed by atoms with Crippen LogP contribution in [0.3, 0.4) is 0 Å². The predicted molar refractivity (Wildman–Crippen MR) is 157 cm³/mol. The van der Waals surface area contributed by atoms with E-state index in [0.717, 1.165) is 50.7 Å². The van der Waals surface area contributed by atoms with Crippen molar-refractivity contribution in [2.75, 3.05) is 52.4 Å². The normalized spacial score (nSPS) is 25.2. The summed E-state index contributed by atoms with van der Waals surface area (Å²) in [6, 6.07) is 7.83. The molecule has 1 aromatic heterocycles. The second-order valence-corrected chi connectivity index (χ2v) is 11.2. The van der Waals surface area contributed by atoms with Crippen LogP contribution >= 0.6 is 0 Å². The van der Waals surface area contributed by atoms with Gasteiger partial charge in [-0.2, -0.15) is 0 Å². The first-order valence-electron chi connectivity index (χ1n) is 14.9. The van der Waals surface area contributed by atoms with Crippen molar-refractivity contribution >= 4 is 17.6 Å². The number of piperidine rings is 1. The Kier molecular flexibility index (Phi) is 10.4. The van der Waals surface area contributed by atoms with E-state index >= 15 is 0 Å². The van der Waals surface area contributed by atoms with Gasteiger partial charge in [0.1, 0.15) is 12.2 Å². The van der Waals surface area contributed by atoms with E-state index in [-0.39, 0.29) is 36.0 Å². The summed E-state index contributed by atoms with van der Waals surface area (Å²) in [6.45, 7) is 6.46. The molecular weight excluding hydrogens is 541 g/mol. The Labute approximate surface area is 247 Å². The minimum atomic E-state index is -0.447. The van der Waals surface area contributed by atoms with Crippen LogP contribution in [0.5, 0.6) is 5.75 Å². The first-order valence-corrected chi connectivity index (χ1v) is 14.9. The molecule has 228 valence electrons. The van der Waals surface area contributed by atoms with Gasteiger partial charge < -0.3 is 34.5 Å². The van der Waals surface area contributed by atoms with Crippen LogP contribution in [0.15, 0.2) is 37.2 Å². The number of rotatable bonds is 10. The fourth-order valence-corrected chi connectivity index (χ4v) is 6.07. The molecule has 0 spiro atoms. The number of hydrogen-bond donors (Lipinski definition) is 2. The van der Waals surface area contributed by atoms with Crippen molar-refractivity contribution in [2.24, 2.45) is 0 Å². The maximum absolute atomic E-state index is 13.5. The van der Waals surface area contributed by atoms with Gasteiger partial charge in [-0.15, -0.1) is 0 Å². The molecule has 0 unspecified atom stereocenters. The molecule has 1 aromatic carbocycles. The van der Waals surface area contributed by atoms with Crippen LogP contribution in [0.2, 0.25) is 0 Å². The number of ether oxygens (including phenoxy) is 4. The van der Waals surface area contributed by atoms with Gasteiger partial charge in [0.25, 0.3) is 5.91 Å². The van der Waals surface area contributed by atoms with Crippen molar-refractivity contribution in [3.63, 3.8) is 0 Å². The third-order valence-electron chi connectivity index (χ3n) is 8.49. The standard InChI is InChI=1S/C31H42FN5O5/c1-20(32)21-7-9-22(10-8-21)26-6-4-5-24(42-26)17-33-30-29(40-3)28(34-19-35-30)31(38)37-14-11-23(12-15-37)36-25-13-16-41-18-27(25)39-2/h7-10,19,23-27,36H,1,4-6,11-18H2,2-3H3,(H,33,34,35)/t24-,25-,26+,27+/m1/s1. The fraction of sp³-hybridized carbons (Fsp3) is 0.581. The minimum absolute atomic E-state index is 0.0503. The zero-order chi connectivity index (χ0) is 29.5. The van der Waals surface area contributed by atoms with E-state index in [1.54, 1.807) is 19.2 Å². The molecule has 0 bridgehead atoms. The first kappa shape index (κ1) is 30.3. The molecule has 3 aliphatic heterocycles. The molecule has 0 radical (unpaired) electrons. The van der Waals surface area contributed by atoms with Gasteiger partial charge in [-0.1, -0.05) is 30.8 Å². The van der Waals surface area contributed by atoms with Crippen LogP contribution < -0.4 is 15.4 Å². The van der Waals surface area contributed by atoms with E-state index in [4.69, 9.17) is 18.9 Å². The summed E-state index contributed by atoms with van der Waals surface area (Å²) in [6.07, 6.45) is 6.74. The maximum Gasteiger partial charge on any atom is 0.276 e. The maximum atomic E-state index is 13.5. The van der Waals surface area contributed by atoms with Crippen molar-refractivity contribution < 1.29 is 28.1 Å². The molecule has 4 atom stereocenters. The van der Waals surface area contributed by atoms with E-state index in [1.807, 2.05) is 17.0 Å². The predicted octanol–water partition coefficient (Wildman–Crippen LogP) is 4.15. The number of nitrogens with zero attached hydrogens (tertiary/aromatic N) is 3. The van der Waals surface area contributed by atoms with Crippen LogP contribution in [0.4, 0.5) is 10.2 Å². The number of hydrogen-bond acceptors (Lipinski definition) is 9. The lowest BCUT2D eigenvalue weighted by molar-refractivity contribution is -0.0533. The summed E-state index contributed by atoms with van der Waals surface area (Å²) in [5.41, 5.74) is 1.75. The summed E-state index contributed by atoms with van der Waals surface area (Å²) in [5.74, 6) is 0.193. The number of likely N-dealkylation sites (tertiary alicyclic amines) is 1. The van der Waals surface area contributed by atoms with Crippen molar-refractivity contribution in [3.05, 3.63) is 54.0 Å². The SMILES string of the molecule is C=C(F)c1ccc([C@@H]2CCC[C@H](CNc3ncnc(C(=O)N4CCC(N[C@@H]5CCOC[C@@H]5OC)CC4)c3OC)O2)cc1. The Morgan fingerprint density at radius 2 is 1.90 bits per heavy atom. The number of methoxy groups -OCH3 is 2. The summed E-state index contributed by atoms with van der Waals surface area (Å²) in [4.78, 5) is 24.0. The topological polar surface area (TPSA) is 107 Å². The second kappa shape index (κ2) is 14.4. The number of nitrogens with one attached hydrogen (secondary N) is 2. The Hall–Kier alpha value is -3.12. The van der Waals surface area contributed by atoms with Crippen LogP contribution in [-0.4, -0.2) is 92.1 Å². The number of amides is 1. The Morgan fingerprint density at radius 3 is 2.62 bits per heavy atom. The van der Waals surface area contributed by atoms with Crippen molar-refractivity contribution in [1.82, 2.24) is 20.2 Å². The molecule has 4 heterocycles. The molecule has 11 heteroatoms. The lowest BCUT2D eigenvalue weighted by Crippen LogP contribution is -2.54. The number of carbonyl (C=O) groups is 1. The average Bonchev–Trinajstić information content (AvgIpc) is 3.04. The molecule has 2 N–H and O–H groups in total. The van der Waals surface area contributed by atoms with Gasteiger partial charge in [-0.05, 0) is 44.1 Å². The van der Waals surface area contributed by atoms with Crippen molar-refractivity contribution in [1.29, 1.82) is 0 Å². The molecule has 10 nitrogen and oxygen atoms in total. The molecule has 3 fully saturated rings. The fourth-order valence-electron chi connectivity index (χ4n) is 6.07. The zero-order valence-corrected chi connectivity index (χ0v) is 24.5. The third kappa shape index (κ3) is 7.26. The van der Waals surface area contributed by atoms with Crippen molar-refractivity contribution in [2.45, 2.75) is 68.9 Å². The van der Waals surface area contributed by atoms with Gasteiger partial charge in [-0.3, -0.25) is 4.79 Å². The molecule has 0 aliphatic carbocycles. The zero-order valence-electron chi connectivity index (χ0n) is 24.5. The van der Waals surface area contributed by atoms with E-state index in [2.05, 4.69) is 27.2 Å². The molecule has 1 amide bonds. The third-order valence-corrected chi connectivity index (χ3v) is 8.49. The van der Waals surface area contributed by atoms with Crippen LogP contribution in [0.1, 0.15) is 66.2 Å². The summed E-state index contributed by atoms with van der Waals surface area (Å²) in [5, 5.41) is 7.05. The lowest BCUT2D eigenvalue weighted by Gasteiger charge is -2.38. The van der Waals surface area contributed by atoms with Crippen LogP contribution in [0.25, 0.3) is 5.83 Å². The van der Waals surface area contributed by atoms with Gasteiger partial charge in [0.2, 0.25) is 0 Å². The first-order chi connectivity index (χ1) is 20.5. The molecule has 2 aromatic rings. The highest BCUT2D eigenvalue weighted by Crippen LogP contribution is 2.33. The van der Waals surface area contributed by atoms with Crippen LogP contribution in [-0.2, 0) is 14.2 Å². The Balaban J connectivity index is 1.16. The average molecular weight is 584 g/mol. The monoisotopic (exact) mass is 583 g/mol. The molecule has 5 rings (SSSR count). The molecular formula is C31H42FN5O5. The highest BCUT2D eigenvalue weighted by atomic mass is 19.1. The van der Waals surface area contributed by atoms with Gasteiger partial charge in [0.15, 0.2) is 17.3 Å². The second-order valence-electron chi connectivity index (χ2n) is 11.2. The molecule has 3 saturated heterocycles. The Bertz CT molecular complexity index is 1210. The number of halogens is 1. The number of aromatic nitrogens is 2. The minimum Gasteiger partial charge on any atom is -0.491 e. The number of anilines is 1. The molecule has 3 aliphatic rings. The summed E-state index contributed by atoms with van der Waals surface area (Å²) >= 11 is 0. The Morgan fingerprint density at radius 1 is 1.12 bits per heavy atom. The van der Waals surface area contributed by atoms with Gasteiger partial charge in [0, 0.05) is 51.0 Å². The summed E-state index contributed by atoms with van der Waals surface area (Å²) in [7, 11) is 3.25. The smallest absolute Gasteiger partial charge is 0.276 e. The van der Waals surface area contributed by atoms with Gasteiger partial charge in [0.05, 0.1) is 32.0 Å². The lowest BCUT2D eigenvalue weighted by atomic mass is 9.97. The van der Waals surface area contributed by atoms with E-state index in [0.29, 0.717) is 49.4 Å². The summed E-state index contributed by atoms with van der Waals surface area (Å²) < 4.78 is 36.5. The highest BCUT2D eigenvalue weighted by molar-refractivity contribution is 5.96. The van der Waals surface area contributed by atoms with E-state index in [1.165, 1.54) is 13.4 Å². The van der Waals surface area contributed by atoms with E-state index in [9.17, 15) is 9.18 Å². The quantitative estimate of drug-likeness (QED) is 0.427. The van der Waals surface area contributed by atoms with Crippen molar-refractivity contribution in [3.8, 4) is 5.75 Å². The van der Waals surface area contributed by atoms with Gasteiger partial charge >= 0.3 is 0 Å². The number of benzene rings is 1. The van der Waals surface area contributed by atoms with Gasteiger partial charge in [-0.25, -0.2) is 14.4 Å². The van der Waals surface area contributed by atoms with Crippen LogP contribution in [0, 0.1) is 0 Å². The van der Waals surface area contributed by atoms with E-state index < -0.39 is 5.83 Å². The largest absolute Gasteiger partial charge is 0.491 e.